The van der Waals surface area contributed by atoms with Crippen molar-refractivity contribution < 1.29 is 14.0 Å². The Kier molecular flexibility index (Phi) is 6.49. The standard InChI is InChI=1S/C17H21FN4O2S/c1-11(23)20-14-9-12(6-7-13(14)18)21-17(24)19-10-15(22(2)3)16-5-4-8-25-16/h4-9,15H,10H2,1-3H3,(H,20,23)(H2,19,21,24). The van der Waals surface area contributed by atoms with Crippen LogP contribution < -0.4 is 16.0 Å². The van der Waals surface area contributed by atoms with Crippen molar-refractivity contribution in [3.63, 3.8) is 0 Å². The molecule has 0 bridgehead atoms. The molecule has 1 heterocycles. The maximum atomic E-state index is 13.6. The minimum atomic E-state index is -0.563. The van der Waals surface area contributed by atoms with Crippen LogP contribution in [0.5, 0.6) is 0 Å². The summed E-state index contributed by atoms with van der Waals surface area (Å²) in [4.78, 5) is 26.4. The first-order valence-electron chi connectivity index (χ1n) is 7.68. The van der Waals surface area contributed by atoms with Crippen molar-refractivity contribution in [1.29, 1.82) is 0 Å². The maximum Gasteiger partial charge on any atom is 0.319 e. The highest BCUT2D eigenvalue weighted by Crippen LogP contribution is 2.23. The first-order valence-corrected chi connectivity index (χ1v) is 8.56. The number of carbonyl (C=O) groups excluding carboxylic acids is 2. The van der Waals surface area contributed by atoms with Gasteiger partial charge in [-0.3, -0.25) is 4.79 Å². The van der Waals surface area contributed by atoms with E-state index in [2.05, 4.69) is 16.0 Å². The van der Waals surface area contributed by atoms with Crippen LogP contribution >= 0.6 is 11.3 Å². The van der Waals surface area contributed by atoms with E-state index in [-0.39, 0.29) is 17.6 Å². The van der Waals surface area contributed by atoms with E-state index < -0.39 is 11.8 Å². The summed E-state index contributed by atoms with van der Waals surface area (Å²) >= 11 is 1.63. The number of rotatable bonds is 6. The number of nitrogens with one attached hydrogen (secondary N) is 3. The van der Waals surface area contributed by atoms with Crippen molar-refractivity contribution in [1.82, 2.24) is 10.2 Å². The second-order valence-corrected chi connectivity index (χ2v) is 6.68. The Bertz CT molecular complexity index is 734. The summed E-state index contributed by atoms with van der Waals surface area (Å²) in [5, 5.41) is 9.82. The SMILES string of the molecule is CC(=O)Nc1cc(NC(=O)NCC(c2cccs2)N(C)C)ccc1F. The average Bonchev–Trinajstić information content (AvgIpc) is 3.04. The molecule has 0 saturated heterocycles. The maximum absolute atomic E-state index is 13.6. The predicted octanol–water partition coefficient (Wildman–Crippen LogP) is 3.27. The minimum absolute atomic E-state index is 0.0232. The van der Waals surface area contributed by atoms with Crippen molar-refractivity contribution in [2.24, 2.45) is 0 Å². The van der Waals surface area contributed by atoms with Gasteiger partial charge < -0.3 is 20.9 Å². The van der Waals surface area contributed by atoms with Gasteiger partial charge in [0.15, 0.2) is 0 Å². The van der Waals surface area contributed by atoms with Gasteiger partial charge in [0.25, 0.3) is 0 Å². The number of anilines is 2. The molecule has 1 aromatic carbocycles. The Balaban J connectivity index is 1.97. The molecule has 2 rings (SSSR count). The van der Waals surface area contributed by atoms with Gasteiger partial charge in [-0.2, -0.15) is 0 Å². The van der Waals surface area contributed by atoms with Crippen LogP contribution in [0.25, 0.3) is 0 Å². The molecule has 134 valence electrons. The van der Waals surface area contributed by atoms with E-state index >= 15 is 0 Å². The normalized spacial score (nSPS) is 11.9. The fourth-order valence-corrected chi connectivity index (χ4v) is 3.19. The monoisotopic (exact) mass is 364 g/mol. The highest BCUT2D eigenvalue weighted by atomic mass is 32.1. The minimum Gasteiger partial charge on any atom is -0.336 e. The molecule has 2 aromatic rings. The number of nitrogens with zero attached hydrogens (tertiary/aromatic N) is 1. The van der Waals surface area contributed by atoms with Gasteiger partial charge in [0.1, 0.15) is 5.82 Å². The fraction of sp³-hybridized carbons (Fsp3) is 0.294. The molecule has 0 aliphatic carbocycles. The summed E-state index contributed by atoms with van der Waals surface area (Å²) in [6.07, 6.45) is 0. The van der Waals surface area contributed by atoms with Gasteiger partial charge in [-0.15, -0.1) is 11.3 Å². The Hall–Kier alpha value is -2.45. The van der Waals surface area contributed by atoms with Crippen molar-refractivity contribution in [2.45, 2.75) is 13.0 Å². The molecule has 1 atom stereocenters. The Labute approximate surface area is 150 Å². The van der Waals surface area contributed by atoms with Gasteiger partial charge >= 0.3 is 6.03 Å². The molecule has 0 aliphatic heterocycles. The molecule has 0 radical (unpaired) electrons. The zero-order valence-electron chi connectivity index (χ0n) is 14.3. The van der Waals surface area contributed by atoms with E-state index in [1.165, 1.54) is 25.1 Å². The van der Waals surface area contributed by atoms with Crippen LogP contribution in [0.2, 0.25) is 0 Å². The zero-order chi connectivity index (χ0) is 18.4. The highest BCUT2D eigenvalue weighted by Gasteiger charge is 2.16. The molecule has 0 aliphatic rings. The molecule has 0 spiro atoms. The van der Waals surface area contributed by atoms with Crippen LogP contribution in [-0.2, 0) is 4.79 Å². The molecule has 25 heavy (non-hydrogen) atoms. The lowest BCUT2D eigenvalue weighted by Crippen LogP contribution is -2.36. The second-order valence-electron chi connectivity index (χ2n) is 5.71. The van der Waals surface area contributed by atoms with Crippen molar-refractivity contribution in [3.05, 3.63) is 46.4 Å². The largest absolute Gasteiger partial charge is 0.336 e. The van der Waals surface area contributed by atoms with E-state index in [0.29, 0.717) is 12.2 Å². The Morgan fingerprint density at radius 3 is 2.60 bits per heavy atom. The Morgan fingerprint density at radius 2 is 2.00 bits per heavy atom. The summed E-state index contributed by atoms with van der Waals surface area (Å²) in [6, 6.07) is 7.65. The number of thiophene rings is 1. The van der Waals surface area contributed by atoms with Crippen molar-refractivity contribution in [2.75, 3.05) is 31.3 Å². The number of benzene rings is 1. The third-order valence-electron chi connectivity index (χ3n) is 3.49. The van der Waals surface area contributed by atoms with Crippen molar-refractivity contribution >= 4 is 34.6 Å². The van der Waals surface area contributed by atoms with Crippen LogP contribution in [0, 0.1) is 5.82 Å². The first kappa shape index (κ1) is 18.9. The van der Waals surface area contributed by atoms with Crippen LogP contribution in [0.3, 0.4) is 0 Å². The lowest BCUT2D eigenvalue weighted by molar-refractivity contribution is -0.114. The molecule has 1 aromatic heterocycles. The zero-order valence-corrected chi connectivity index (χ0v) is 15.1. The average molecular weight is 364 g/mol. The first-order chi connectivity index (χ1) is 11.9. The summed E-state index contributed by atoms with van der Waals surface area (Å²) < 4.78 is 13.6. The number of halogens is 1. The molecule has 1 unspecified atom stereocenters. The number of carbonyl (C=O) groups is 2. The van der Waals surface area contributed by atoms with E-state index in [0.717, 1.165) is 4.88 Å². The number of amides is 3. The van der Waals surface area contributed by atoms with Crippen LogP contribution in [0.1, 0.15) is 17.8 Å². The molecule has 6 nitrogen and oxygen atoms in total. The third-order valence-corrected chi connectivity index (χ3v) is 4.46. The number of urea groups is 1. The number of hydrogen-bond acceptors (Lipinski definition) is 4. The van der Waals surface area contributed by atoms with Gasteiger partial charge in [0.05, 0.1) is 11.7 Å². The van der Waals surface area contributed by atoms with Crippen LogP contribution in [0.15, 0.2) is 35.7 Å². The van der Waals surface area contributed by atoms with Gasteiger partial charge in [-0.05, 0) is 43.7 Å². The molecule has 3 amide bonds. The molecule has 8 heteroatoms. The molecular formula is C17H21FN4O2S. The summed E-state index contributed by atoms with van der Waals surface area (Å²) in [5.74, 6) is -0.947. The molecule has 3 N–H and O–H groups in total. The van der Waals surface area contributed by atoms with Gasteiger partial charge in [0, 0.05) is 24.0 Å². The van der Waals surface area contributed by atoms with Crippen LogP contribution in [0.4, 0.5) is 20.6 Å². The molecule has 0 saturated carbocycles. The predicted molar refractivity (Wildman–Crippen MR) is 98.5 cm³/mol. The highest BCUT2D eigenvalue weighted by molar-refractivity contribution is 7.10. The van der Waals surface area contributed by atoms with Gasteiger partial charge in [-0.25, -0.2) is 9.18 Å². The van der Waals surface area contributed by atoms with Gasteiger partial charge in [-0.1, -0.05) is 6.07 Å². The quantitative estimate of drug-likeness (QED) is 0.736. The summed E-state index contributed by atoms with van der Waals surface area (Å²) in [7, 11) is 3.90. The summed E-state index contributed by atoms with van der Waals surface area (Å²) in [5.41, 5.74) is 0.412. The van der Waals surface area contributed by atoms with E-state index in [4.69, 9.17) is 0 Å². The molecule has 0 fully saturated rings. The van der Waals surface area contributed by atoms with Gasteiger partial charge in [0.2, 0.25) is 5.91 Å². The fourth-order valence-electron chi connectivity index (χ4n) is 2.27. The van der Waals surface area contributed by atoms with Crippen LogP contribution in [-0.4, -0.2) is 37.5 Å². The lowest BCUT2D eigenvalue weighted by atomic mass is 10.2. The van der Waals surface area contributed by atoms with Crippen molar-refractivity contribution in [3.8, 4) is 0 Å². The Morgan fingerprint density at radius 1 is 1.24 bits per heavy atom. The third kappa shape index (κ3) is 5.54. The number of likely N-dealkylation sites (N-methyl/N-ethyl adjacent to an activating group) is 1. The van der Waals surface area contributed by atoms with E-state index in [1.807, 2.05) is 36.5 Å². The smallest absolute Gasteiger partial charge is 0.319 e. The lowest BCUT2D eigenvalue weighted by Gasteiger charge is -2.23. The summed E-state index contributed by atoms with van der Waals surface area (Å²) in [6.45, 7) is 1.72. The number of hydrogen-bond donors (Lipinski definition) is 3. The van der Waals surface area contributed by atoms with E-state index in [9.17, 15) is 14.0 Å². The molecular weight excluding hydrogens is 343 g/mol. The topological polar surface area (TPSA) is 73.5 Å². The second kappa shape index (κ2) is 8.59. The van der Waals surface area contributed by atoms with E-state index in [1.54, 1.807) is 11.3 Å².